The lowest BCUT2D eigenvalue weighted by molar-refractivity contribution is 0.0617. The Balaban J connectivity index is 1.24. The van der Waals surface area contributed by atoms with Gasteiger partial charge >= 0.3 is 0 Å². The van der Waals surface area contributed by atoms with E-state index >= 15 is 0 Å². The fraction of sp³-hybridized carbons (Fsp3) is 0.542. The second kappa shape index (κ2) is 8.23. The van der Waals surface area contributed by atoms with E-state index in [1.165, 1.54) is 31.5 Å². The molecule has 0 aromatic heterocycles. The van der Waals surface area contributed by atoms with Crippen molar-refractivity contribution < 1.29 is 14.3 Å². The zero-order valence-corrected chi connectivity index (χ0v) is 17.0. The van der Waals surface area contributed by atoms with Gasteiger partial charge in [0.05, 0.1) is 0 Å². The van der Waals surface area contributed by atoms with Gasteiger partial charge < -0.3 is 19.3 Å². The van der Waals surface area contributed by atoms with Crippen LogP contribution in [0, 0.1) is 0 Å². The first-order valence-electron chi connectivity index (χ1n) is 11.1. The van der Waals surface area contributed by atoms with Crippen LogP contribution in [0.5, 0.6) is 0 Å². The maximum atomic E-state index is 13.2. The van der Waals surface area contributed by atoms with E-state index in [4.69, 9.17) is 9.47 Å². The highest BCUT2D eigenvalue weighted by molar-refractivity contribution is 5.94. The number of benzene rings is 1. The van der Waals surface area contributed by atoms with Crippen LogP contribution >= 0.6 is 0 Å². The molecule has 4 aliphatic rings. The topological polar surface area (TPSA) is 42.0 Å². The fourth-order valence-corrected chi connectivity index (χ4v) is 5.06. The molecule has 1 amide bonds. The van der Waals surface area contributed by atoms with E-state index in [0.29, 0.717) is 19.3 Å². The number of hydrogen-bond donors (Lipinski definition) is 0. The molecule has 5 nitrogen and oxygen atoms in total. The summed E-state index contributed by atoms with van der Waals surface area (Å²) in [6, 6.07) is 8.57. The Hall–Kier alpha value is -2.27. The van der Waals surface area contributed by atoms with Crippen molar-refractivity contribution in [2.75, 3.05) is 39.4 Å². The molecular weight excluding hydrogens is 364 g/mol. The third-order valence-corrected chi connectivity index (χ3v) is 6.67. The number of likely N-dealkylation sites (tertiary alicyclic amines) is 2. The number of nitrogens with zero attached hydrogens (tertiary/aromatic N) is 2. The molecule has 1 aliphatic carbocycles. The zero-order valence-electron chi connectivity index (χ0n) is 17.0. The number of amides is 1. The van der Waals surface area contributed by atoms with Crippen LogP contribution in [-0.2, 0) is 9.47 Å². The van der Waals surface area contributed by atoms with E-state index in [1.54, 1.807) is 0 Å². The highest BCUT2D eigenvalue weighted by Gasteiger charge is 2.31. The molecule has 2 unspecified atom stereocenters. The van der Waals surface area contributed by atoms with Crippen molar-refractivity contribution in [1.29, 1.82) is 0 Å². The van der Waals surface area contributed by atoms with Crippen LogP contribution in [0.4, 0.5) is 0 Å². The Kier molecular flexibility index (Phi) is 5.32. The summed E-state index contributed by atoms with van der Waals surface area (Å²) in [5.41, 5.74) is 2.02. The van der Waals surface area contributed by atoms with Gasteiger partial charge in [-0.15, -0.1) is 0 Å². The van der Waals surface area contributed by atoms with Crippen LogP contribution < -0.4 is 0 Å². The van der Waals surface area contributed by atoms with E-state index in [2.05, 4.69) is 28.0 Å². The lowest BCUT2D eigenvalue weighted by Gasteiger charge is -2.29. The predicted molar refractivity (Wildman–Crippen MR) is 112 cm³/mol. The van der Waals surface area contributed by atoms with Gasteiger partial charge in [0.25, 0.3) is 5.91 Å². The maximum Gasteiger partial charge on any atom is 0.254 e. The fourth-order valence-electron chi connectivity index (χ4n) is 5.06. The highest BCUT2D eigenvalue weighted by Crippen LogP contribution is 2.34. The van der Waals surface area contributed by atoms with Crippen LogP contribution in [0.3, 0.4) is 0 Å². The van der Waals surface area contributed by atoms with Crippen molar-refractivity contribution in [3.05, 3.63) is 59.1 Å². The molecule has 0 bridgehead atoms. The molecular formula is C24H30N2O3. The van der Waals surface area contributed by atoms with Crippen molar-refractivity contribution in [2.45, 2.75) is 44.1 Å². The summed E-state index contributed by atoms with van der Waals surface area (Å²) >= 11 is 0. The molecule has 1 aromatic carbocycles. The lowest BCUT2D eigenvalue weighted by atomic mass is 9.90. The zero-order chi connectivity index (χ0) is 19.6. The molecule has 2 fully saturated rings. The average molecular weight is 395 g/mol. The highest BCUT2D eigenvalue weighted by atomic mass is 16.6. The van der Waals surface area contributed by atoms with Crippen LogP contribution in [-0.4, -0.2) is 61.1 Å². The lowest BCUT2D eigenvalue weighted by Crippen LogP contribution is -2.42. The largest absolute Gasteiger partial charge is 0.490 e. The van der Waals surface area contributed by atoms with Gasteiger partial charge in [0.15, 0.2) is 5.76 Å². The Morgan fingerprint density at radius 1 is 1.00 bits per heavy atom. The molecule has 2 atom stereocenters. The molecule has 29 heavy (non-hydrogen) atoms. The summed E-state index contributed by atoms with van der Waals surface area (Å²) in [5, 5.41) is 0. The minimum atomic E-state index is 0.187. The first-order chi connectivity index (χ1) is 14.3. The van der Waals surface area contributed by atoms with Gasteiger partial charge in [-0.05, 0) is 62.5 Å². The first kappa shape index (κ1) is 18.7. The van der Waals surface area contributed by atoms with Crippen molar-refractivity contribution in [3.63, 3.8) is 0 Å². The van der Waals surface area contributed by atoms with Gasteiger partial charge in [-0.1, -0.05) is 18.2 Å². The average Bonchev–Trinajstić information content (AvgIpc) is 3.45. The van der Waals surface area contributed by atoms with Gasteiger partial charge in [-0.25, -0.2) is 0 Å². The standard InChI is InChI=1S/C24H30N2O3/c27-24(26-13-3-4-21(26)17-25-11-1-2-12-25)19-7-5-18(6-8-19)20-9-10-22-23(16-20)29-15-14-28-22/h5-10,20-21H,1-4,11-17H2. The summed E-state index contributed by atoms with van der Waals surface area (Å²) in [6.45, 7) is 5.56. The molecule has 1 aromatic rings. The molecule has 5 heteroatoms. The molecule has 154 valence electrons. The van der Waals surface area contributed by atoms with Crippen molar-refractivity contribution in [2.24, 2.45) is 0 Å². The SMILES string of the molecule is O=C(c1ccc(C2C=CC3=C(C2)OCCO3)cc1)N1CCCC1CN1CCCC1. The number of allylic oxidation sites excluding steroid dienone is 3. The molecule has 0 spiro atoms. The van der Waals surface area contributed by atoms with Gasteiger partial charge in [-0.3, -0.25) is 4.79 Å². The molecule has 0 saturated carbocycles. The summed E-state index contributed by atoms with van der Waals surface area (Å²) < 4.78 is 11.4. The Bertz CT molecular complexity index is 808. The van der Waals surface area contributed by atoms with E-state index < -0.39 is 0 Å². The van der Waals surface area contributed by atoms with Crippen molar-refractivity contribution >= 4 is 5.91 Å². The quantitative estimate of drug-likeness (QED) is 0.781. The van der Waals surface area contributed by atoms with Gasteiger partial charge in [-0.2, -0.15) is 0 Å². The first-order valence-corrected chi connectivity index (χ1v) is 11.1. The minimum Gasteiger partial charge on any atom is -0.490 e. The number of carbonyl (C=O) groups excluding carboxylic acids is 1. The van der Waals surface area contributed by atoms with Crippen LogP contribution in [0.1, 0.15) is 53.9 Å². The number of hydrogen-bond acceptors (Lipinski definition) is 4. The summed E-state index contributed by atoms with van der Waals surface area (Å²) in [7, 11) is 0. The molecule has 0 N–H and O–H groups in total. The summed E-state index contributed by atoms with van der Waals surface area (Å²) in [4.78, 5) is 17.8. The molecule has 5 rings (SSSR count). The smallest absolute Gasteiger partial charge is 0.254 e. The number of rotatable bonds is 4. The van der Waals surface area contributed by atoms with Crippen LogP contribution in [0.25, 0.3) is 0 Å². The minimum absolute atomic E-state index is 0.187. The summed E-state index contributed by atoms with van der Waals surface area (Å²) in [6.07, 6.45) is 9.87. The Labute approximate surface area is 173 Å². The monoisotopic (exact) mass is 394 g/mol. The Morgan fingerprint density at radius 3 is 2.62 bits per heavy atom. The van der Waals surface area contributed by atoms with Crippen molar-refractivity contribution in [1.82, 2.24) is 9.80 Å². The summed E-state index contributed by atoms with van der Waals surface area (Å²) in [5.74, 6) is 2.28. The van der Waals surface area contributed by atoms with E-state index in [1.807, 2.05) is 18.2 Å². The number of ether oxygens (including phenoxy) is 2. The van der Waals surface area contributed by atoms with Gasteiger partial charge in [0, 0.05) is 37.0 Å². The Morgan fingerprint density at radius 2 is 1.79 bits per heavy atom. The third kappa shape index (κ3) is 3.93. The van der Waals surface area contributed by atoms with Crippen LogP contribution in [0.15, 0.2) is 47.9 Å². The predicted octanol–water partition coefficient (Wildman–Crippen LogP) is 3.69. The van der Waals surface area contributed by atoms with Gasteiger partial charge in [0.1, 0.15) is 19.0 Å². The maximum absolute atomic E-state index is 13.2. The molecule has 3 aliphatic heterocycles. The molecule has 0 radical (unpaired) electrons. The second-order valence-electron chi connectivity index (χ2n) is 8.58. The molecule has 2 saturated heterocycles. The van der Waals surface area contributed by atoms with E-state index in [0.717, 1.165) is 49.4 Å². The number of carbonyl (C=O) groups is 1. The van der Waals surface area contributed by atoms with Crippen LogP contribution in [0.2, 0.25) is 0 Å². The third-order valence-electron chi connectivity index (χ3n) is 6.67. The normalized spacial score (nSPS) is 27.0. The second-order valence-corrected chi connectivity index (χ2v) is 8.58. The van der Waals surface area contributed by atoms with E-state index in [9.17, 15) is 4.79 Å². The van der Waals surface area contributed by atoms with E-state index in [-0.39, 0.29) is 11.8 Å². The van der Waals surface area contributed by atoms with Gasteiger partial charge in [0.2, 0.25) is 0 Å². The molecule has 3 heterocycles. The van der Waals surface area contributed by atoms with Crippen molar-refractivity contribution in [3.8, 4) is 0 Å².